The van der Waals surface area contributed by atoms with E-state index in [4.69, 9.17) is 0 Å². The van der Waals surface area contributed by atoms with Crippen molar-refractivity contribution in [3.63, 3.8) is 0 Å². The Hall–Kier alpha value is -1.63. The molecule has 1 aliphatic heterocycles. The molecule has 0 amide bonds. The van der Waals surface area contributed by atoms with E-state index in [0.29, 0.717) is 13.0 Å². The zero-order chi connectivity index (χ0) is 14.9. The average molecular weight is 301 g/mol. The molecule has 1 atom stereocenters. The highest BCUT2D eigenvalue weighted by Crippen LogP contribution is 2.31. The fourth-order valence-corrected chi connectivity index (χ4v) is 3.39. The number of piperidine rings is 1. The molecular weight excluding hydrogens is 285 g/mol. The van der Waals surface area contributed by atoms with E-state index < -0.39 is 27.7 Å². The van der Waals surface area contributed by atoms with Crippen LogP contribution in [0.4, 0.5) is 10.1 Å². The van der Waals surface area contributed by atoms with Gasteiger partial charge in [-0.1, -0.05) is 0 Å². The van der Waals surface area contributed by atoms with Gasteiger partial charge in [0.05, 0.1) is 10.6 Å². The monoisotopic (exact) mass is 301 g/mol. The lowest BCUT2D eigenvalue weighted by Gasteiger charge is -2.35. The average Bonchev–Trinajstić information content (AvgIpc) is 2.37. The van der Waals surface area contributed by atoms with E-state index >= 15 is 0 Å². The second kappa shape index (κ2) is 5.40. The van der Waals surface area contributed by atoms with Crippen molar-refractivity contribution >= 4 is 21.5 Å². The van der Waals surface area contributed by atoms with Crippen LogP contribution in [0.3, 0.4) is 0 Å². The van der Waals surface area contributed by atoms with E-state index in [1.165, 1.54) is 6.07 Å². The molecule has 0 aromatic heterocycles. The van der Waals surface area contributed by atoms with Crippen LogP contribution in [-0.2, 0) is 14.6 Å². The Bertz CT molecular complexity index is 629. The first-order valence-corrected chi connectivity index (χ1v) is 8.19. The van der Waals surface area contributed by atoms with Crippen LogP contribution in [0.25, 0.3) is 0 Å². The van der Waals surface area contributed by atoms with Gasteiger partial charge in [0.2, 0.25) is 0 Å². The number of sulfone groups is 1. The van der Waals surface area contributed by atoms with Gasteiger partial charge in [-0.25, -0.2) is 17.6 Å². The molecular formula is C13H16FNO4S. The van der Waals surface area contributed by atoms with Crippen LogP contribution in [0.1, 0.15) is 19.3 Å². The Morgan fingerprint density at radius 1 is 1.40 bits per heavy atom. The third kappa shape index (κ3) is 2.92. The van der Waals surface area contributed by atoms with Gasteiger partial charge in [0, 0.05) is 12.8 Å². The van der Waals surface area contributed by atoms with E-state index in [2.05, 4.69) is 0 Å². The molecule has 1 saturated heterocycles. The SMILES string of the molecule is CS(=O)(=O)c1cc(F)ccc1N1CCCC[C@H]1C(=O)O. The fraction of sp³-hybridized carbons (Fsp3) is 0.462. The van der Waals surface area contributed by atoms with E-state index in [-0.39, 0.29) is 10.6 Å². The summed E-state index contributed by atoms with van der Waals surface area (Å²) in [7, 11) is -3.63. The summed E-state index contributed by atoms with van der Waals surface area (Å²) >= 11 is 0. The number of carboxylic acid groups (broad SMARTS) is 1. The third-order valence-corrected chi connectivity index (χ3v) is 4.54. The Morgan fingerprint density at radius 2 is 2.10 bits per heavy atom. The largest absolute Gasteiger partial charge is 0.480 e. The Morgan fingerprint density at radius 3 is 2.70 bits per heavy atom. The van der Waals surface area contributed by atoms with Crippen molar-refractivity contribution in [2.75, 3.05) is 17.7 Å². The van der Waals surface area contributed by atoms with Gasteiger partial charge in [-0.3, -0.25) is 0 Å². The number of anilines is 1. The van der Waals surface area contributed by atoms with Crippen molar-refractivity contribution in [3.8, 4) is 0 Å². The van der Waals surface area contributed by atoms with Crippen LogP contribution in [0.2, 0.25) is 0 Å². The summed E-state index contributed by atoms with van der Waals surface area (Å²) in [6, 6.07) is 2.66. The normalized spacial score (nSPS) is 19.9. The zero-order valence-electron chi connectivity index (χ0n) is 11.0. The van der Waals surface area contributed by atoms with Crippen molar-refractivity contribution in [2.24, 2.45) is 0 Å². The standard InChI is InChI=1S/C13H16FNO4S/c1-20(18,19)12-8-9(14)5-6-10(12)15-7-3-2-4-11(15)13(16)17/h5-6,8,11H,2-4,7H2,1H3,(H,16,17)/t11-/m0/s1. The molecule has 1 aromatic rings. The van der Waals surface area contributed by atoms with Crippen LogP contribution in [0.5, 0.6) is 0 Å². The minimum atomic E-state index is -3.63. The summed E-state index contributed by atoms with van der Waals surface area (Å²) in [5, 5.41) is 9.25. The second-order valence-electron chi connectivity index (χ2n) is 4.93. The minimum Gasteiger partial charge on any atom is -0.480 e. The predicted molar refractivity (Wildman–Crippen MR) is 72.1 cm³/mol. The number of carboxylic acids is 1. The number of hydrogen-bond donors (Lipinski definition) is 1. The van der Waals surface area contributed by atoms with Crippen molar-refractivity contribution in [1.29, 1.82) is 0 Å². The maximum absolute atomic E-state index is 13.3. The lowest BCUT2D eigenvalue weighted by Crippen LogP contribution is -2.45. The smallest absolute Gasteiger partial charge is 0.326 e. The fourth-order valence-electron chi connectivity index (χ4n) is 2.50. The van der Waals surface area contributed by atoms with Gasteiger partial charge in [0.25, 0.3) is 0 Å². The first-order chi connectivity index (χ1) is 9.30. The molecule has 110 valence electrons. The van der Waals surface area contributed by atoms with Crippen molar-refractivity contribution in [3.05, 3.63) is 24.0 Å². The first-order valence-electron chi connectivity index (χ1n) is 6.30. The molecule has 5 nitrogen and oxygen atoms in total. The predicted octanol–water partition coefficient (Wildman–Crippen LogP) is 1.67. The van der Waals surface area contributed by atoms with Gasteiger partial charge in [0.15, 0.2) is 9.84 Å². The highest BCUT2D eigenvalue weighted by Gasteiger charge is 2.31. The number of carbonyl (C=O) groups is 1. The topological polar surface area (TPSA) is 74.7 Å². The van der Waals surface area contributed by atoms with Crippen LogP contribution in [-0.4, -0.2) is 38.3 Å². The van der Waals surface area contributed by atoms with Crippen molar-refractivity contribution < 1.29 is 22.7 Å². The van der Waals surface area contributed by atoms with E-state index in [1.54, 1.807) is 4.90 Å². The van der Waals surface area contributed by atoms with Gasteiger partial charge >= 0.3 is 5.97 Å². The molecule has 1 aliphatic rings. The van der Waals surface area contributed by atoms with Crippen molar-refractivity contribution in [2.45, 2.75) is 30.2 Å². The highest BCUT2D eigenvalue weighted by molar-refractivity contribution is 7.90. The second-order valence-corrected chi connectivity index (χ2v) is 6.91. The molecule has 0 unspecified atom stereocenters. The quantitative estimate of drug-likeness (QED) is 0.919. The van der Waals surface area contributed by atoms with Gasteiger partial charge in [0.1, 0.15) is 11.9 Å². The maximum atomic E-state index is 13.3. The summed E-state index contributed by atoms with van der Waals surface area (Å²) in [4.78, 5) is 12.7. The summed E-state index contributed by atoms with van der Waals surface area (Å²) in [5.74, 6) is -1.65. The molecule has 1 N–H and O–H groups in total. The van der Waals surface area contributed by atoms with E-state index in [1.807, 2.05) is 0 Å². The molecule has 0 saturated carbocycles. The summed E-state index contributed by atoms with van der Waals surface area (Å²) in [5.41, 5.74) is 0.265. The molecule has 7 heteroatoms. The molecule has 2 rings (SSSR count). The Balaban J connectivity index is 2.53. The van der Waals surface area contributed by atoms with Crippen LogP contribution >= 0.6 is 0 Å². The first kappa shape index (κ1) is 14.8. The minimum absolute atomic E-state index is 0.161. The highest BCUT2D eigenvalue weighted by atomic mass is 32.2. The van der Waals surface area contributed by atoms with E-state index in [9.17, 15) is 22.7 Å². The maximum Gasteiger partial charge on any atom is 0.326 e. The molecule has 0 radical (unpaired) electrons. The van der Waals surface area contributed by atoms with Crippen LogP contribution < -0.4 is 4.90 Å². The lowest BCUT2D eigenvalue weighted by atomic mass is 10.0. The number of halogens is 1. The summed E-state index contributed by atoms with van der Waals surface area (Å²) < 4.78 is 36.9. The number of rotatable bonds is 3. The molecule has 1 aromatic carbocycles. The number of hydrogen-bond acceptors (Lipinski definition) is 4. The molecule has 0 spiro atoms. The number of nitrogens with zero attached hydrogens (tertiary/aromatic N) is 1. The molecule has 1 heterocycles. The van der Waals surface area contributed by atoms with Crippen LogP contribution in [0, 0.1) is 5.82 Å². The van der Waals surface area contributed by atoms with Gasteiger partial charge in [-0.05, 0) is 37.5 Å². The zero-order valence-corrected chi connectivity index (χ0v) is 11.9. The van der Waals surface area contributed by atoms with Crippen LogP contribution in [0.15, 0.2) is 23.1 Å². The Kier molecular flexibility index (Phi) is 3.99. The third-order valence-electron chi connectivity index (χ3n) is 3.42. The van der Waals surface area contributed by atoms with Gasteiger partial charge in [-0.15, -0.1) is 0 Å². The van der Waals surface area contributed by atoms with Gasteiger partial charge in [-0.2, -0.15) is 0 Å². The summed E-state index contributed by atoms with van der Waals surface area (Å²) in [6.07, 6.45) is 3.01. The number of aliphatic carboxylic acids is 1. The number of benzene rings is 1. The Labute approximate surface area is 116 Å². The molecule has 20 heavy (non-hydrogen) atoms. The van der Waals surface area contributed by atoms with Crippen molar-refractivity contribution in [1.82, 2.24) is 0 Å². The molecule has 0 bridgehead atoms. The van der Waals surface area contributed by atoms with Gasteiger partial charge < -0.3 is 10.0 Å². The molecule has 0 aliphatic carbocycles. The lowest BCUT2D eigenvalue weighted by molar-refractivity contribution is -0.139. The van der Waals surface area contributed by atoms with E-state index in [0.717, 1.165) is 31.2 Å². The summed E-state index contributed by atoms with van der Waals surface area (Å²) in [6.45, 7) is 0.450. The molecule has 1 fully saturated rings.